The Bertz CT molecular complexity index is 168. The number of aliphatic imine (C=N–C) groups is 1. The molecule has 1 unspecified atom stereocenters. The molecule has 0 aromatic rings. The average molecular weight is 166 g/mol. The van der Waals surface area contributed by atoms with Gasteiger partial charge in [0.25, 0.3) is 0 Å². The fourth-order valence-electron chi connectivity index (χ4n) is 0.585. The number of likely N-dealkylation sites (N-methyl/N-ethyl adjacent to an activating group) is 1. The Morgan fingerprint density at radius 2 is 2.27 bits per heavy atom. The summed E-state index contributed by atoms with van der Waals surface area (Å²) in [7, 11) is 1.52. The smallest absolute Gasteiger partial charge is 0.351 e. The van der Waals surface area contributed by atoms with E-state index in [0.717, 1.165) is 0 Å². The predicted molar refractivity (Wildman–Crippen MR) is 30.4 cm³/mol. The second-order valence-corrected chi connectivity index (χ2v) is 1.92. The van der Waals surface area contributed by atoms with Gasteiger partial charge in [-0.1, -0.05) is 0 Å². The molecule has 0 aromatic carbocycles. The lowest BCUT2D eigenvalue weighted by atomic mass is 10.6. The van der Waals surface area contributed by atoms with Crippen molar-refractivity contribution in [3.05, 3.63) is 6.54 Å². The highest BCUT2D eigenvalue weighted by atomic mass is 19.4. The molecule has 0 saturated carbocycles. The van der Waals surface area contributed by atoms with E-state index >= 15 is 0 Å². The topological polar surface area (TPSA) is 24.8 Å². The predicted octanol–water partition coefficient (Wildman–Crippen LogP) is 0.861. The Kier molecular flexibility index (Phi) is 2.03. The molecule has 11 heavy (non-hydrogen) atoms. The average Bonchev–Trinajstić information content (AvgIpc) is 2.10. The minimum absolute atomic E-state index is 1.20. The van der Waals surface area contributed by atoms with Crippen LogP contribution in [0, 0.1) is 6.54 Å². The number of hydrogen-bond acceptors (Lipinski definition) is 3. The van der Waals surface area contributed by atoms with Crippen molar-refractivity contribution < 1.29 is 17.9 Å². The van der Waals surface area contributed by atoms with E-state index in [0.29, 0.717) is 0 Å². The van der Waals surface area contributed by atoms with E-state index < -0.39 is 12.6 Å². The van der Waals surface area contributed by atoms with Gasteiger partial charge in [0.15, 0.2) is 6.23 Å². The van der Waals surface area contributed by atoms with Gasteiger partial charge in [-0.2, -0.15) is 0 Å². The van der Waals surface area contributed by atoms with Crippen LogP contribution in [0.4, 0.5) is 13.2 Å². The molecule has 0 spiro atoms. The van der Waals surface area contributed by atoms with E-state index in [1.54, 1.807) is 0 Å². The van der Waals surface area contributed by atoms with Crippen molar-refractivity contribution in [3.8, 4) is 0 Å². The molecule has 0 N–H and O–H groups in total. The van der Waals surface area contributed by atoms with E-state index in [-0.39, 0.29) is 0 Å². The van der Waals surface area contributed by atoms with Crippen LogP contribution in [0.3, 0.4) is 0 Å². The first kappa shape index (κ1) is 8.32. The summed E-state index contributed by atoms with van der Waals surface area (Å²) in [6.45, 7) is 2.28. The number of alkyl halides is 3. The summed E-state index contributed by atoms with van der Waals surface area (Å²) in [4.78, 5) is 4.62. The van der Waals surface area contributed by atoms with Crippen LogP contribution in [0.2, 0.25) is 0 Å². The summed E-state index contributed by atoms with van der Waals surface area (Å²) >= 11 is 0. The van der Waals surface area contributed by atoms with Gasteiger partial charge in [0.1, 0.15) is 6.54 Å². The van der Waals surface area contributed by atoms with Crippen LogP contribution >= 0.6 is 0 Å². The zero-order valence-corrected chi connectivity index (χ0v) is 5.59. The maximum Gasteiger partial charge on any atom is 0.524 e. The Hall–Kier alpha value is -0.780. The Morgan fingerprint density at radius 1 is 1.64 bits per heavy atom. The van der Waals surface area contributed by atoms with Gasteiger partial charge in [0.05, 0.1) is 6.34 Å². The van der Waals surface area contributed by atoms with Crippen LogP contribution in [-0.4, -0.2) is 30.9 Å². The van der Waals surface area contributed by atoms with Crippen molar-refractivity contribution in [3.63, 3.8) is 0 Å². The zero-order valence-electron chi connectivity index (χ0n) is 5.59. The highest BCUT2D eigenvalue weighted by Crippen LogP contribution is 2.22. The minimum atomic E-state index is -4.65. The van der Waals surface area contributed by atoms with Gasteiger partial charge < -0.3 is 4.90 Å². The van der Waals surface area contributed by atoms with E-state index in [4.69, 9.17) is 0 Å². The van der Waals surface area contributed by atoms with Gasteiger partial charge in [0.2, 0.25) is 0 Å². The molecule has 0 saturated heterocycles. The van der Waals surface area contributed by atoms with Crippen molar-refractivity contribution in [2.45, 2.75) is 12.6 Å². The van der Waals surface area contributed by atoms with Gasteiger partial charge in [0, 0.05) is 7.05 Å². The molecule has 0 amide bonds. The van der Waals surface area contributed by atoms with Crippen LogP contribution in [0.1, 0.15) is 0 Å². The molecule has 0 fully saturated rings. The van der Waals surface area contributed by atoms with Crippen LogP contribution in [0.5, 0.6) is 0 Å². The Labute approximate surface area is 61.5 Å². The summed E-state index contributed by atoms with van der Waals surface area (Å²) in [5, 5.41) is 0. The first-order valence-electron chi connectivity index (χ1n) is 2.74. The van der Waals surface area contributed by atoms with Gasteiger partial charge >= 0.3 is 6.36 Å². The van der Waals surface area contributed by atoms with Gasteiger partial charge in [-0.3, -0.25) is 4.74 Å². The molecular formula is C5H5F3N2O. The van der Waals surface area contributed by atoms with Crippen molar-refractivity contribution in [1.29, 1.82) is 0 Å². The summed E-state index contributed by atoms with van der Waals surface area (Å²) in [5.74, 6) is 0. The van der Waals surface area contributed by atoms with Crippen LogP contribution in [0.25, 0.3) is 0 Å². The lowest BCUT2D eigenvalue weighted by Gasteiger charge is -2.11. The minimum Gasteiger partial charge on any atom is -0.351 e. The fraction of sp³-hybridized carbons (Fsp3) is 0.600. The molecule has 1 heterocycles. The molecule has 0 bridgehead atoms. The largest absolute Gasteiger partial charge is 0.524 e. The molecule has 62 valence electrons. The SMILES string of the molecule is CN1[C]C(OC(F)(F)F)N=C1. The van der Waals surface area contributed by atoms with Gasteiger partial charge in [-0.15, -0.1) is 13.2 Å². The number of halogens is 3. The number of hydrogen-bond donors (Lipinski definition) is 0. The first-order valence-corrected chi connectivity index (χ1v) is 2.74. The van der Waals surface area contributed by atoms with Crippen molar-refractivity contribution in [1.82, 2.24) is 4.90 Å². The number of ether oxygens (including phenoxy) is 1. The number of rotatable bonds is 1. The van der Waals surface area contributed by atoms with Crippen LogP contribution < -0.4 is 0 Å². The number of nitrogens with zero attached hydrogens (tertiary/aromatic N) is 2. The summed E-state index contributed by atoms with van der Waals surface area (Å²) in [6, 6.07) is 0. The van der Waals surface area contributed by atoms with Crippen molar-refractivity contribution in [2.75, 3.05) is 7.05 Å². The Morgan fingerprint density at radius 3 is 2.64 bits per heavy atom. The molecule has 6 heteroatoms. The van der Waals surface area contributed by atoms with E-state index in [1.165, 1.54) is 18.3 Å². The van der Waals surface area contributed by atoms with Gasteiger partial charge in [-0.25, -0.2) is 4.99 Å². The van der Waals surface area contributed by atoms with E-state index in [2.05, 4.69) is 16.3 Å². The molecule has 0 aliphatic carbocycles. The normalized spacial score (nSPS) is 24.7. The fourth-order valence-corrected chi connectivity index (χ4v) is 0.585. The highest BCUT2D eigenvalue weighted by Gasteiger charge is 2.35. The molecule has 2 radical (unpaired) electrons. The first-order chi connectivity index (χ1) is 4.97. The summed E-state index contributed by atoms with van der Waals surface area (Å²) < 4.78 is 38.0. The van der Waals surface area contributed by atoms with Crippen molar-refractivity contribution in [2.24, 2.45) is 4.99 Å². The monoisotopic (exact) mass is 166 g/mol. The summed E-state index contributed by atoms with van der Waals surface area (Å²) in [6.07, 6.45) is -4.80. The van der Waals surface area contributed by atoms with Crippen molar-refractivity contribution >= 4 is 6.34 Å². The molecular weight excluding hydrogens is 161 g/mol. The Balaban J connectivity index is 2.36. The molecule has 1 aliphatic rings. The molecule has 1 rings (SSSR count). The van der Waals surface area contributed by atoms with E-state index in [9.17, 15) is 13.2 Å². The molecule has 0 aromatic heterocycles. The third-order valence-corrected chi connectivity index (χ3v) is 0.935. The summed E-state index contributed by atoms with van der Waals surface area (Å²) in [5.41, 5.74) is 0. The molecule has 1 atom stereocenters. The lowest BCUT2D eigenvalue weighted by molar-refractivity contribution is -0.337. The standard InChI is InChI=1S/C5H5F3N2O/c1-10-2-4(9-3-10)11-5(6,7)8/h3-4H,1H3. The highest BCUT2D eigenvalue weighted by molar-refractivity contribution is 5.58. The maximum atomic E-state index is 11.5. The second-order valence-electron chi connectivity index (χ2n) is 1.92. The quantitative estimate of drug-likeness (QED) is 0.577. The van der Waals surface area contributed by atoms with Crippen LogP contribution in [-0.2, 0) is 4.74 Å². The maximum absolute atomic E-state index is 11.5. The molecule has 3 nitrogen and oxygen atoms in total. The lowest BCUT2D eigenvalue weighted by Crippen LogP contribution is -2.23. The van der Waals surface area contributed by atoms with Gasteiger partial charge in [-0.05, 0) is 0 Å². The second kappa shape index (κ2) is 2.69. The van der Waals surface area contributed by atoms with E-state index in [1.807, 2.05) is 0 Å². The zero-order chi connectivity index (χ0) is 8.48. The third kappa shape index (κ3) is 2.75. The molecule has 1 aliphatic heterocycles. The third-order valence-electron chi connectivity index (χ3n) is 0.935. The van der Waals surface area contributed by atoms with Crippen LogP contribution in [0.15, 0.2) is 4.99 Å².